The third kappa shape index (κ3) is 2.35. The van der Waals surface area contributed by atoms with Crippen molar-refractivity contribution in [3.8, 4) is 0 Å². The van der Waals surface area contributed by atoms with Crippen LogP contribution in [0.5, 0.6) is 0 Å². The summed E-state index contributed by atoms with van der Waals surface area (Å²) in [5.41, 5.74) is 6.15. The Labute approximate surface area is 85.9 Å². The second kappa shape index (κ2) is 4.01. The number of nitrogens with zero attached hydrogens (tertiary/aromatic N) is 1. The van der Waals surface area contributed by atoms with Gasteiger partial charge in [0.25, 0.3) is 0 Å². The SMILES string of the molecule is C=CCN(CC1(N)CCOC1)C1CC1. The molecule has 14 heavy (non-hydrogen) atoms. The molecule has 2 N–H and O–H groups in total. The van der Waals surface area contributed by atoms with Gasteiger partial charge in [0.2, 0.25) is 0 Å². The van der Waals surface area contributed by atoms with E-state index in [4.69, 9.17) is 10.5 Å². The van der Waals surface area contributed by atoms with Crippen molar-refractivity contribution in [3.05, 3.63) is 12.7 Å². The minimum absolute atomic E-state index is 0.106. The molecule has 0 bridgehead atoms. The van der Waals surface area contributed by atoms with Crippen LogP contribution in [0.4, 0.5) is 0 Å². The van der Waals surface area contributed by atoms with Crippen LogP contribution >= 0.6 is 0 Å². The van der Waals surface area contributed by atoms with Gasteiger partial charge in [0.05, 0.1) is 12.1 Å². The Morgan fingerprint density at radius 1 is 1.57 bits per heavy atom. The van der Waals surface area contributed by atoms with Crippen molar-refractivity contribution in [1.29, 1.82) is 0 Å². The number of rotatable bonds is 5. The van der Waals surface area contributed by atoms with Crippen LogP contribution in [0.25, 0.3) is 0 Å². The van der Waals surface area contributed by atoms with Crippen molar-refractivity contribution in [2.24, 2.45) is 5.73 Å². The van der Waals surface area contributed by atoms with E-state index < -0.39 is 0 Å². The van der Waals surface area contributed by atoms with Crippen LogP contribution in [0.1, 0.15) is 19.3 Å². The standard InChI is InChI=1S/C11H20N2O/c1-2-6-13(10-3-4-10)8-11(12)5-7-14-9-11/h2,10H,1,3-9,12H2. The summed E-state index contributed by atoms with van der Waals surface area (Å²) < 4.78 is 5.36. The number of ether oxygens (including phenoxy) is 1. The summed E-state index contributed by atoms with van der Waals surface area (Å²) in [4.78, 5) is 2.45. The first-order chi connectivity index (χ1) is 6.73. The zero-order valence-electron chi connectivity index (χ0n) is 8.74. The monoisotopic (exact) mass is 196 g/mol. The summed E-state index contributed by atoms with van der Waals surface area (Å²) in [6, 6.07) is 0.758. The molecule has 3 nitrogen and oxygen atoms in total. The Morgan fingerprint density at radius 3 is 2.86 bits per heavy atom. The molecule has 80 valence electrons. The van der Waals surface area contributed by atoms with Crippen LogP contribution in [0.15, 0.2) is 12.7 Å². The van der Waals surface area contributed by atoms with Gasteiger partial charge in [0, 0.05) is 25.7 Å². The summed E-state index contributed by atoms with van der Waals surface area (Å²) >= 11 is 0. The van der Waals surface area contributed by atoms with E-state index in [0.717, 1.165) is 32.2 Å². The van der Waals surface area contributed by atoms with Gasteiger partial charge in [-0.2, -0.15) is 0 Å². The van der Waals surface area contributed by atoms with E-state index in [0.29, 0.717) is 6.61 Å². The molecule has 2 fully saturated rings. The van der Waals surface area contributed by atoms with Gasteiger partial charge >= 0.3 is 0 Å². The fourth-order valence-corrected chi connectivity index (χ4v) is 2.10. The van der Waals surface area contributed by atoms with Gasteiger partial charge in [0.15, 0.2) is 0 Å². The maximum absolute atomic E-state index is 6.25. The van der Waals surface area contributed by atoms with Crippen molar-refractivity contribution in [3.63, 3.8) is 0 Å². The lowest BCUT2D eigenvalue weighted by atomic mass is 9.99. The molecule has 2 aliphatic rings. The predicted molar refractivity (Wildman–Crippen MR) is 57.1 cm³/mol. The van der Waals surface area contributed by atoms with Gasteiger partial charge in [-0.15, -0.1) is 6.58 Å². The Balaban J connectivity index is 1.88. The molecule has 0 aromatic heterocycles. The first kappa shape index (κ1) is 10.1. The average Bonchev–Trinajstić information content (AvgIpc) is 2.91. The largest absolute Gasteiger partial charge is 0.379 e. The summed E-state index contributed by atoms with van der Waals surface area (Å²) in [6.45, 7) is 7.26. The lowest BCUT2D eigenvalue weighted by Gasteiger charge is -2.30. The van der Waals surface area contributed by atoms with Crippen LogP contribution in [0.3, 0.4) is 0 Å². The minimum atomic E-state index is -0.106. The summed E-state index contributed by atoms with van der Waals surface area (Å²) in [5, 5.41) is 0. The quantitative estimate of drug-likeness (QED) is 0.660. The second-order valence-corrected chi connectivity index (χ2v) is 4.61. The van der Waals surface area contributed by atoms with Gasteiger partial charge in [-0.3, -0.25) is 4.90 Å². The molecule has 0 spiro atoms. The number of hydrogen-bond acceptors (Lipinski definition) is 3. The van der Waals surface area contributed by atoms with E-state index in [1.54, 1.807) is 0 Å². The molecule has 1 aliphatic carbocycles. The first-order valence-electron chi connectivity index (χ1n) is 5.45. The van der Waals surface area contributed by atoms with Gasteiger partial charge in [-0.25, -0.2) is 0 Å². The Bertz CT molecular complexity index is 207. The van der Waals surface area contributed by atoms with Crippen molar-refractivity contribution < 1.29 is 4.74 Å². The maximum atomic E-state index is 6.25. The molecule has 3 heteroatoms. The number of nitrogens with two attached hydrogens (primary N) is 1. The van der Waals surface area contributed by atoms with Crippen molar-refractivity contribution >= 4 is 0 Å². The second-order valence-electron chi connectivity index (χ2n) is 4.61. The van der Waals surface area contributed by atoms with Crippen molar-refractivity contribution in [2.45, 2.75) is 30.8 Å². The Hall–Kier alpha value is -0.380. The summed E-state index contributed by atoms with van der Waals surface area (Å²) in [5.74, 6) is 0. The van der Waals surface area contributed by atoms with E-state index in [1.165, 1.54) is 12.8 Å². The van der Waals surface area contributed by atoms with Gasteiger partial charge in [-0.05, 0) is 19.3 Å². The lowest BCUT2D eigenvalue weighted by molar-refractivity contribution is 0.154. The zero-order chi connectivity index (χ0) is 10.0. The van der Waals surface area contributed by atoms with E-state index in [2.05, 4.69) is 11.5 Å². The molecular formula is C11H20N2O. The highest BCUT2D eigenvalue weighted by atomic mass is 16.5. The lowest BCUT2D eigenvalue weighted by Crippen LogP contribution is -2.51. The minimum Gasteiger partial charge on any atom is -0.379 e. The van der Waals surface area contributed by atoms with Crippen LogP contribution in [0, 0.1) is 0 Å². The Kier molecular flexibility index (Phi) is 2.91. The molecule has 1 aliphatic heterocycles. The van der Waals surface area contributed by atoms with Gasteiger partial charge < -0.3 is 10.5 Å². The fourth-order valence-electron chi connectivity index (χ4n) is 2.10. The van der Waals surface area contributed by atoms with E-state index in [-0.39, 0.29) is 5.54 Å². The molecular weight excluding hydrogens is 176 g/mol. The molecule has 0 aromatic rings. The van der Waals surface area contributed by atoms with Crippen LogP contribution < -0.4 is 5.73 Å². The molecule has 1 unspecified atom stereocenters. The van der Waals surface area contributed by atoms with E-state index in [1.807, 2.05) is 6.08 Å². The summed E-state index contributed by atoms with van der Waals surface area (Å²) in [6.07, 6.45) is 5.61. The average molecular weight is 196 g/mol. The van der Waals surface area contributed by atoms with E-state index in [9.17, 15) is 0 Å². The third-order valence-electron chi connectivity index (χ3n) is 3.08. The molecule has 1 saturated carbocycles. The van der Waals surface area contributed by atoms with Crippen molar-refractivity contribution in [1.82, 2.24) is 4.90 Å². The van der Waals surface area contributed by atoms with Crippen LogP contribution in [-0.4, -0.2) is 42.8 Å². The highest BCUT2D eigenvalue weighted by Gasteiger charge is 2.37. The first-order valence-corrected chi connectivity index (χ1v) is 5.45. The molecule has 1 atom stereocenters. The van der Waals surface area contributed by atoms with Crippen LogP contribution in [0.2, 0.25) is 0 Å². The fraction of sp³-hybridized carbons (Fsp3) is 0.818. The maximum Gasteiger partial charge on any atom is 0.0659 e. The third-order valence-corrected chi connectivity index (χ3v) is 3.08. The Morgan fingerprint density at radius 2 is 2.36 bits per heavy atom. The zero-order valence-corrected chi connectivity index (χ0v) is 8.74. The van der Waals surface area contributed by atoms with Crippen molar-refractivity contribution in [2.75, 3.05) is 26.3 Å². The molecule has 0 amide bonds. The van der Waals surface area contributed by atoms with Gasteiger partial charge in [0.1, 0.15) is 0 Å². The van der Waals surface area contributed by atoms with E-state index >= 15 is 0 Å². The van der Waals surface area contributed by atoms with Gasteiger partial charge in [-0.1, -0.05) is 6.08 Å². The molecule has 0 radical (unpaired) electrons. The molecule has 1 heterocycles. The molecule has 2 rings (SSSR count). The molecule has 1 saturated heterocycles. The highest BCUT2D eigenvalue weighted by Crippen LogP contribution is 2.29. The highest BCUT2D eigenvalue weighted by molar-refractivity contribution is 4.97. The smallest absolute Gasteiger partial charge is 0.0659 e. The predicted octanol–water partition coefficient (Wildman–Crippen LogP) is 0.755. The summed E-state index contributed by atoms with van der Waals surface area (Å²) in [7, 11) is 0. The number of hydrogen-bond donors (Lipinski definition) is 1. The topological polar surface area (TPSA) is 38.5 Å². The van der Waals surface area contributed by atoms with Crippen LogP contribution in [-0.2, 0) is 4.74 Å². The molecule has 0 aromatic carbocycles. The normalized spacial score (nSPS) is 32.4.